The zero-order chi connectivity index (χ0) is 31.7. The molecule has 4 heterocycles. The Balaban J connectivity index is 1.75. The molecule has 1 fully saturated rings. The molecule has 1 saturated heterocycles. The number of aliphatic imine (C=N–C) groups is 1. The summed E-state index contributed by atoms with van der Waals surface area (Å²) in [6.07, 6.45) is 3.26. The van der Waals surface area contributed by atoms with E-state index in [0.29, 0.717) is 48.6 Å². The number of aldehydes is 1. The molecule has 0 radical (unpaired) electrons. The van der Waals surface area contributed by atoms with Crippen LogP contribution in [-0.2, 0) is 4.79 Å². The first-order valence-electron chi connectivity index (χ1n) is 13.9. The lowest BCUT2D eigenvalue weighted by Crippen LogP contribution is -2.56. The highest BCUT2D eigenvalue weighted by Gasteiger charge is 2.37. The average Bonchev–Trinajstić information content (AvgIpc) is 3.01. The highest BCUT2D eigenvalue weighted by atomic mass is 35.5. The van der Waals surface area contributed by atoms with Crippen LogP contribution in [0.15, 0.2) is 66.6 Å². The summed E-state index contributed by atoms with van der Waals surface area (Å²) in [6, 6.07) is 7.14. The van der Waals surface area contributed by atoms with Gasteiger partial charge < -0.3 is 9.80 Å². The zero-order valence-electron chi connectivity index (χ0n) is 24.2. The van der Waals surface area contributed by atoms with Crippen molar-refractivity contribution in [1.29, 1.82) is 0 Å². The summed E-state index contributed by atoms with van der Waals surface area (Å²) in [5, 5.41) is 0.0544. The number of pyridine rings is 2. The number of carbonyl (C=O) groups is 2. The highest BCUT2D eigenvalue weighted by Crippen LogP contribution is 2.44. The van der Waals surface area contributed by atoms with Gasteiger partial charge in [0.25, 0.3) is 0 Å². The predicted octanol–water partition coefficient (Wildman–Crippen LogP) is 6.17. The molecule has 12 heteroatoms. The van der Waals surface area contributed by atoms with E-state index in [0.717, 1.165) is 0 Å². The Morgan fingerprint density at radius 1 is 1.23 bits per heavy atom. The first-order valence-corrected chi connectivity index (χ1v) is 14.3. The summed E-state index contributed by atoms with van der Waals surface area (Å²) in [5.41, 5.74) is 1.48. The van der Waals surface area contributed by atoms with E-state index in [1.165, 1.54) is 35.4 Å². The Labute approximate surface area is 258 Å². The van der Waals surface area contributed by atoms with Gasteiger partial charge in [-0.15, -0.1) is 0 Å². The number of hydrogen-bond donors (Lipinski definition) is 0. The summed E-state index contributed by atoms with van der Waals surface area (Å²) in [6.45, 7) is 10.7. The Morgan fingerprint density at radius 3 is 2.64 bits per heavy atom. The lowest BCUT2D eigenvalue weighted by atomic mass is 9.99. The summed E-state index contributed by atoms with van der Waals surface area (Å²) in [4.78, 5) is 43.4. The number of anilines is 2. The number of benzene rings is 1. The molecule has 1 aromatic carbocycles. The third kappa shape index (κ3) is 5.36. The van der Waals surface area contributed by atoms with Crippen molar-refractivity contribution < 1.29 is 22.8 Å². The van der Waals surface area contributed by atoms with Gasteiger partial charge in [0.15, 0.2) is 12.1 Å². The van der Waals surface area contributed by atoms with Gasteiger partial charge in [-0.1, -0.05) is 36.9 Å². The molecule has 2 aliphatic heterocycles. The van der Waals surface area contributed by atoms with Gasteiger partial charge in [0.05, 0.1) is 33.6 Å². The number of nitrogens with zero attached hydrogens (tertiary/aromatic N) is 6. The maximum atomic E-state index is 15.3. The van der Waals surface area contributed by atoms with Crippen LogP contribution in [0.5, 0.6) is 0 Å². The molecule has 3 aromatic rings. The van der Waals surface area contributed by atoms with Gasteiger partial charge in [-0.05, 0) is 43.7 Å². The molecule has 1 amide bonds. The van der Waals surface area contributed by atoms with Crippen molar-refractivity contribution >= 4 is 41.1 Å². The number of halogens is 4. The molecule has 1 atom stereocenters. The van der Waals surface area contributed by atoms with E-state index in [-0.39, 0.29) is 51.1 Å². The quantitative estimate of drug-likeness (QED) is 0.232. The second kappa shape index (κ2) is 12.6. The Kier molecular flexibility index (Phi) is 8.87. The SMILES string of the molecule is C=CC(=O)N1CCN(C2=NC(=C)N(c3c(C)ccnc3C(CF)CF)c3nc(-c4c(F)cccc4C=O)c(Cl)cc32)[C@@H](C)C1. The molecule has 8 nitrogen and oxygen atoms in total. The van der Waals surface area contributed by atoms with Crippen LogP contribution < -0.4 is 4.90 Å². The van der Waals surface area contributed by atoms with Crippen molar-refractivity contribution in [3.05, 3.63) is 94.8 Å². The Morgan fingerprint density at radius 2 is 1.98 bits per heavy atom. The van der Waals surface area contributed by atoms with E-state index in [2.05, 4.69) is 18.1 Å². The Hall–Kier alpha value is -4.51. The monoisotopic (exact) mass is 622 g/mol. The molecule has 2 aliphatic rings. The van der Waals surface area contributed by atoms with Crippen LogP contribution in [0.4, 0.5) is 24.7 Å². The van der Waals surface area contributed by atoms with Crippen LogP contribution in [0.3, 0.4) is 0 Å². The van der Waals surface area contributed by atoms with Crippen molar-refractivity contribution in [2.75, 3.05) is 37.9 Å². The van der Waals surface area contributed by atoms with Crippen molar-refractivity contribution in [1.82, 2.24) is 19.8 Å². The lowest BCUT2D eigenvalue weighted by Gasteiger charge is -2.43. The van der Waals surface area contributed by atoms with Gasteiger partial charge in [-0.25, -0.2) is 14.4 Å². The summed E-state index contributed by atoms with van der Waals surface area (Å²) >= 11 is 6.77. The maximum absolute atomic E-state index is 15.3. The standard InChI is InChI=1S/C32H30ClF3N6O2/c1-5-26(44)40-11-12-41(19(3)16-40)31-23-13-24(33)29(27-21(17-43)7-6-8-25(27)36)39-32(23)42(20(4)38-31)30-18(2)9-10-37-28(30)22(14-34)15-35/h5-10,13,17,19,22H,1,4,11-12,14-16H2,2-3H3/t19-/m0/s1. The largest absolute Gasteiger partial charge is 0.350 e. The minimum atomic E-state index is -1.16. The predicted molar refractivity (Wildman–Crippen MR) is 164 cm³/mol. The topological polar surface area (TPSA) is 82.0 Å². The van der Waals surface area contributed by atoms with Gasteiger partial charge >= 0.3 is 0 Å². The smallest absolute Gasteiger partial charge is 0.246 e. The molecule has 0 unspecified atom stereocenters. The van der Waals surface area contributed by atoms with E-state index in [9.17, 15) is 18.4 Å². The first-order chi connectivity index (χ1) is 21.1. The molecule has 228 valence electrons. The molecule has 0 N–H and O–H groups in total. The fourth-order valence-corrected chi connectivity index (χ4v) is 5.88. The molecule has 5 rings (SSSR count). The number of piperazine rings is 1. The summed E-state index contributed by atoms with van der Waals surface area (Å²) in [5.74, 6) is -1.21. The van der Waals surface area contributed by atoms with Crippen LogP contribution in [0.25, 0.3) is 11.3 Å². The lowest BCUT2D eigenvalue weighted by molar-refractivity contribution is -0.128. The summed E-state index contributed by atoms with van der Waals surface area (Å²) in [7, 11) is 0. The summed E-state index contributed by atoms with van der Waals surface area (Å²) < 4.78 is 43.3. The number of amidine groups is 1. The van der Waals surface area contributed by atoms with E-state index >= 15 is 4.39 Å². The Bertz CT molecular complexity index is 1690. The van der Waals surface area contributed by atoms with Gasteiger partial charge in [-0.3, -0.25) is 28.3 Å². The first kappa shape index (κ1) is 30.9. The van der Waals surface area contributed by atoms with E-state index in [1.807, 2.05) is 11.8 Å². The van der Waals surface area contributed by atoms with Crippen LogP contribution in [0.1, 0.15) is 40.0 Å². The highest BCUT2D eigenvalue weighted by molar-refractivity contribution is 6.34. The molecule has 0 aliphatic carbocycles. The number of aryl methyl sites for hydroxylation is 1. The fourth-order valence-electron chi connectivity index (χ4n) is 5.64. The average molecular weight is 623 g/mol. The number of fused-ring (bicyclic) bond motifs is 1. The number of aromatic nitrogens is 2. The van der Waals surface area contributed by atoms with Crippen molar-refractivity contribution in [3.63, 3.8) is 0 Å². The molecule has 0 bridgehead atoms. The molecule has 2 aromatic heterocycles. The molecular weight excluding hydrogens is 593 g/mol. The van der Waals surface area contributed by atoms with E-state index in [4.69, 9.17) is 21.6 Å². The van der Waals surface area contributed by atoms with Crippen LogP contribution in [-0.4, -0.2) is 76.8 Å². The van der Waals surface area contributed by atoms with Gasteiger partial charge in [-0.2, -0.15) is 0 Å². The van der Waals surface area contributed by atoms with Crippen molar-refractivity contribution in [2.24, 2.45) is 4.99 Å². The maximum Gasteiger partial charge on any atom is 0.246 e. The third-order valence-electron chi connectivity index (χ3n) is 7.83. The third-order valence-corrected chi connectivity index (χ3v) is 8.12. The second-order valence-electron chi connectivity index (χ2n) is 10.6. The number of carbonyl (C=O) groups excluding carboxylic acids is 2. The normalized spacial score (nSPS) is 16.6. The van der Waals surface area contributed by atoms with Gasteiger partial charge in [0.2, 0.25) is 5.91 Å². The molecule has 0 saturated carbocycles. The molecule has 0 spiro atoms. The van der Waals surface area contributed by atoms with Crippen molar-refractivity contribution in [2.45, 2.75) is 25.8 Å². The fraction of sp³-hybridized carbons (Fsp3) is 0.281. The van der Waals surface area contributed by atoms with Crippen LogP contribution in [0.2, 0.25) is 5.02 Å². The molecule has 44 heavy (non-hydrogen) atoms. The van der Waals surface area contributed by atoms with Crippen LogP contribution in [0, 0.1) is 12.7 Å². The zero-order valence-corrected chi connectivity index (χ0v) is 25.0. The van der Waals surface area contributed by atoms with Gasteiger partial charge in [0.1, 0.15) is 30.8 Å². The van der Waals surface area contributed by atoms with E-state index < -0.39 is 25.1 Å². The minimum absolute atomic E-state index is 0.00487. The second-order valence-corrected chi connectivity index (χ2v) is 11.0. The van der Waals surface area contributed by atoms with E-state index in [1.54, 1.807) is 24.0 Å². The number of rotatable bonds is 7. The number of hydrogen-bond acceptors (Lipinski definition) is 7. The number of amides is 1. The van der Waals surface area contributed by atoms with Crippen molar-refractivity contribution in [3.8, 4) is 11.3 Å². The van der Waals surface area contributed by atoms with Gasteiger partial charge in [0, 0.05) is 43.0 Å². The van der Waals surface area contributed by atoms with Crippen LogP contribution >= 0.6 is 11.6 Å². The molecular formula is C32H30ClF3N6O2. The number of alkyl halides is 2. The minimum Gasteiger partial charge on any atom is -0.350 e.